The molecule has 0 N–H and O–H groups in total. The van der Waals surface area contributed by atoms with E-state index in [1.165, 1.54) is 0 Å². The molecule has 0 aliphatic carbocycles. The molecule has 0 bridgehead atoms. The molecule has 1 unspecified atom stereocenters. The van der Waals surface area contributed by atoms with Gasteiger partial charge in [0.25, 0.3) is 0 Å². The second-order valence-corrected chi connectivity index (χ2v) is 7.41. The Hall–Kier alpha value is 0.480. The van der Waals surface area contributed by atoms with Gasteiger partial charge in [-0.15, -0.1) is 0 Å². The Bertz CT molecular complexity index is 174. The number of rotatable bonds is 4. The zero-order valence-electron chi connectivity index (χ0n) is 8.54. The van der Waals surface area contributed by atoms with Crippen LogP contribution in [0.1, 0.15) is 34.6 Å². The summed E-state index contributed by atoms with van der Waals surface area (Å²) in [7, 11) is 0. The highest BCUT2D eigenvalue weighted by Crippen LogP contribution is 2.56. The molecule has 0 rings (SSSR count). The summed E-state index contributed by atoms with van der Waals surface area (Å²) in [4.78, 5) is 0. The smallest absolute Gasteiger partial charge is 0.235 e. The standard InChI is InChI=1S/C8H19ClNOP/c1-6-12(9,11)10(7(2)3)8(4)5/h7-8H,6H2,1-5H3. The minimum absolute atomic E-state index is 0.244. The van der Waals surface area contributed by atoms with Gasteiger partial charge in [-0.05, 0) is 38.9 Å². The van der Waals surface area contributed by atoms with Crippen LogP contribution >= 0.6 is 17.9 Å². The lowest BCUT2D eigenvalue weighted by Gasteiger charge is -2.33. The van der Waals surface area contributed by atoms with Crippen LogP contribution in [-0.4, -0.2) is 22.9 Å². The van der Waals surface area contributed by atoms with Crippen molar-refractivity contribution in [3.63, 3.8) is 0 Å². The van der Waals surface area contributed by atoms with Crippen LogP contribution in [0, 0.1) is 0 Å². The van der Waals surface area contributed by atoms with E-state index >= 15 is 0 Å². The average Bonchev–Trinajstić information content (AvgIpc) is 1.84. The predicted octanol–water partition coefficient (Wildman–Crippen LogP) is 3.56. The molecule has 12 heavy (non-hydrogen) atoms. The molecule has 74 valence electrons. The van der Waals surface area contributed by atoms with Crippen LogP contribution < -0.4 is 0 Å². The van der Waals surface area contributed by atoms with E-state index in [1.807, 2.05) is 39.3 Å². The number of halogens is 1. The Morgan fingerprint density at radius 1 is 1.25 bits per heavy atom. The van der Waals surface area contributed by atoms with E-state index in [-0.39, 0.29) is 12.1 Å². The fourth-order valence-corrected chi connectivity index (χ4v) is 4.20. The van der Waals surface area contributed by atoms with Crippen LogP contribution in [-0.2, 0) is 4.57 Å². The van der Waals surface area contributed by atoms with Gasteiger partial charge < -0.3 is 0 Å². The van der Waals surface area contributed by atoms with Crippen molar-refractivity contribution in [2.75, 3.05) is 6.16 Å². The van der Waals surface area contributed by atoms with Gasteiger partial charge in [-0.1, -0.05) is 6.92 Å². The van der Waals surface area contributed by atoms with Gasteiger partial charge in [0.15, 0.2) is 0 Å². The van der Waals surface area contributed by atoms with E-state index in [2.05, 4.69) is 0 Å². The van der Waals surface area contributed by atoms with E-state index in [0.29, 0.717) is 6.16 Å². The van der Waals surface area contributed by atoms with Crippen LogP contribution in [0.2, 0.25) is 0 Å². The number of hydrogen-bond donors (Lipinski definition) is 0. The fourth-order valence-electron chi connectivity index (χ4n) is 1.45. The second kappa shape index (κ2) is 4.64. The molecule has 0 fully saturated rings. The summed E-state index contributed by atoms with van der Waals surface area (Å²) in [6.45, 7) is 7.35. The maximum Gasteiger partial charge on any atom is 0.235 e. The molecule has 0 radical (unpaired) electrons. The quantitative estimate of drug-likeness (QED) is 0.663. The SMILES string of the molecule is CCP(=O)(Cl)N(C(C)C)C(C)C. The minimum Gasteiger partial charge on any atom is -0.289 e. The summed E-state index contributed by atoms with van der Waals surface area (Å²) in [5, 5.41) is 0. The summed E-state index contributed by atoms with van der Waals surface area (Å²) >= 11 is 5.96. The molecule has 0 saturated carbocycles. The first kappa shape index (κ1) is 12.5. The second-order valence-electron chi connectivity index (χ2n) is 3.50. The maximum atomic E-state index is 11.9. The zero-order valence-corrected chi connectivity index (χ0v) is 10.2. The molecule has 0 amide bonds. The van der Waals surface area contributed by atoms with Crippen molar-refractivity contribution in [1.82, 2.24) is 4.67 Å². The predicted molar refractivity (Wildman–Crippen MR) is 56.1 cm³/mol. The van der Waals surface area contributed by atoms with Gasteiger partial charge in [-0.25, -0.2) is 4.67 Å². The van der Waals surface area contributed by atoms with Crippen molar-refractivity contribution < 1.29 is 4.57 Å². The molecule has 1 atom stereocenters. The molecule has 0 aromatic heterocycles. The lowest BCUT2D eigenvalue weighted by atomic mass is 10.3. The first-order valence-electron chi connectivity index (χ1n) is 4.40. The van der Waals surface area contributed by atoms with Crippen LogP contribution in [0.5, 0.6) is 0 Å². The highest BCUT2D eigenvalue weighted by molar-refractivity contribution is 7.87. The van der Waals surface area contributed by atoms with Crippen molar-refractivity contribution in [1.29, 1.82) is 0 Å². The summed E-state index contributed by atoms with van der Waals surface area (Å²) in [6, 6.07) is 0.488. The van der Waals surface area contributed by atoms with Crippen molar-refractivity contribution in [2.24, 2.45) is 0 Å². The Kier molecular flexibility index (Phi) is 4.83. The van der Waals surface area contributed by atoms with Gasteiger partial charge in [-0.3, -0.25) is 4.57 Å². The minimum atomic E-state index is -2.59. The van der Waals surface area contributed by atoms with Crippen molar-refractivity contribution in [2.45, 2.75) is 46.7 Å². The molecule has 0 spiro atoms. The Balaban J connectivity index is 4.63. The first-order valence-corrected chi connectivity index (χ1v) is 7.15. The molecule has 0 aliphatic heterocycles. The highest BCUT2D eigenvalue weighted by Gasteiger charge is 2.30. The van der Waals surface area contributed by atoms with Crippen molar-refractivity contribution >= 4 is 17.9 Å². The largest absolute Gasteiger partial charge is 0.289 e. The Morgan fingerprint density at radius 3 is 1.67 bits per heavy atom. The fraction of sp³-hybridized carbons (Fsp3) is 1.00. The normalized spacial score (nSPS) is 17.4. The topological polar surface area (TPSA) is 20.3 Å². The summed E-state index contributed by atoms with van der Waals surface area (Å²) < 4.78 is 13.8. The van der Waals surface area contributed by atoms with E-state index in [1.54, 1.807) is 0 Å². The van der Waals surface area contributed by atoms with Gasteiger partial charge in [0.05, 0.1) is 0 Å². The van der Waals surface area contributed by atoms with E-state index < -0.39 is 6.65 Å². The molecule has 4 heteroatoms. The molecule has 0 aromatic carbocycles. The van der Waals surface area contributed by atoms with Crippen LogP contribution in [0.3, 0.4) is 0 Å². The molecule has 2 nitrogen and oxygen atoms in total. The Labute approximate surface area is 80.5 Å². The van der Waals surface area contributed by atoms with Crippen LogP contribution in [0.4, 0.5) is 0 Å². The van der Waals surface area contributed by atoms with E-state index in [4.69, 9.17) is 11.2 Å². The van der Waals surface area contributed by atoms with Gasteiger partial charge in [0, 0.05) is 18.2 Å². The van der Waals surface area contributed by atoms with E-state index in [0.717, 1.165) is 0 Å². The molecule has 0 aromatic rings. The van der Waals surface area contributed by atoms with Gasteiger partial charge in [-0.2, -0.15) is 0 Å². The lowest BCUT2D eigenvalue weighted by Crippen LogP contribution is -2.33. The first-order chi connectivity index (χ1) is 5.33. The molecule has 0 heterocycles. The summed E-state index contributed by atoms with van der Waals surface area (Å²) in [5.74, 6) is 0. The Morgan fingerprint density at radius 2 is 1.58 bits per heavy atom. The molecular formula is C8H19ClNOP. The molecule has 0 aliphatic rings. The average molecular weight is 212 g/mol. The lowest BCUT2D eigenvalue weighted by molar-refractivity contribution is 0.306. The van der Waals surface area contributed by atoms with Gasteiger partial charge >= 0.3 is 0 Å². The summed E-state index contributed by atoms with van der Waals surface area (Å²) in [5.41, 5.74) is 0. The number of nitrogens with zero attached hydrogens (tertiary/aromatic N) is 1. The monoisotopic (exact) mass is 211 g/mol. The summed E-state index contributed by atoms with van der Waals surface area (Å²) in [6.07, 6.45) is 0.533. The van der Waals surface area contributed by atoms with Crippen molar-refractivity contribution in [3.8, 4) is 0 Å². The maximum absolute atomic E-state index is 11.9. The van der Waals surface area contributed by atoms with Crippen molar-refractivity contribution in [3.05, 3.63) is 0 Å². The zero-order chi connectivity index (χ0) is 9.94. The molecule has 0 saturated heterocycles. The van der Waals surface area contributed by atoms with E-state index in [9.17, 15) is 4.57 Å². The highest BCUT2D eigenvalue weighted by atomic mass is 35.7. The third-order valence-electron chi connectivity index (χ3n) is 1.79. The van der Waals surface area contributed by atoms with Gasteiger partial charge in [0.2, 0.25) is 6.65 Å². The number of hydrogen-bond acceptors (Lipinski definition) is 1. The van der Waals surface area contributed by atoms with Crippen LogP contribution in [0.25, 0.3) is 0 Å². The third kappa shape index (κ3) is 3.08. The third-order valence-corrected chi connectivity index (χ3v) is 5.43. The van der Waals surface area contributed by atoms with Crippen LogP contribution in [0.15, 0.2) is 0 Å². The van der Waals surface area contributed by atoms with Gasteiger partial charge in [0.1, 0.15) is 0 Å². The molecular weight excluding hydrogens is 193 g/mol.